The lowest BCUT2D eigenvalue weighted by Gasteiger charge is -2.11. The Balaban J connectivity index is 2.10. The summed E-state index contributed by atoms with van der Waals surface area (Å²) in [5.41, 5.74) is 8.73. The molecule has 3 N–H and O–H groups in total. The van der Waals surface area contributed by atoms with Crippen LogP contribution in [-0.2, 0) is 6.54 Å². The summed E-state index contributed by atoms with van der Waals surface area (Å²) >= 11 is 7.65. The Bertz CT molecular complexity index is 601. The molecule has 0 fully saturated rings. The van der Waals surface area contributed by atoms with Gasteiger partial charge in [0.25, 0.3) is 0 Å². The average molecular weight is 323 g/mol. The van der Waals surface area contributed by atoms with Crippen LogP contribution < -0.4 is 11.1 Å². The first kappa shape index (κ1) is 15.9. The SMILES string of the molecule is CCCSc1nc(Cl)c(N)c(NCc2ccc(C)cc2)n1. The Morgan fingerprint density at radius 1 is 1.24 bits per heavy atom. The zero-order chi connectivity index (χ0) is 15.2. The van der Waals surface area contributed by atoms with Crippen LogP contribution >= 0.6 is 23.4 Å². The van der Waals surface area contributed by atoms with Gasteiger partial charge in [-0.25, -0.2) is 9.97 Å². The van der Waals surface area contributed by atoms with E-state index in [1.807, 2.05) is 0 Å². The van der Waals surface area contributed by atoms with Crippen LogP contribution in [-0.4, -0.2) is 15.7 Å². The van der Waals surface area contributed by atoms with Crippen LogP contribution in [0.1, 0.15) is 24.5 Å². The Kier molecular flexibility index (Phi) is 5.70. The highest BCUT2D eigenvalue weighted by molar-refractivity contribution is 7.99. The molecule has 0 unspecified atom stereocenters. The summed E-state index contributed by atoms with van der Waals surface area (Å²) in [5.74, 6) is 1.55. The van der Waals surface area contributed by atoms with Crippen molar-refractivity contribution in [3.05, 3.63) is 40.5 Å². The predicted octanol–water partition coefficient (Wildman–Crippen LogP) is 4.13. The summed E-state index contributed by atoms with van der Waals surface area (Å²) < 4.78 is 0. The summed E-state index contributed by atoms with van der Waals surface area (Å²) in [6.45, 7) is 4.83. The van der Waals surface area contributed by atoms with E-state index in [9.17, 15) is 0 Å². The fraction of sp³-hybridized carbons (Fsp3) is 0.333. The highest BCUT2D eigenvalue weighted by Crippen LogP contribution is 2.27. The molecule has 21 heavy (non-hydrogen) atoms. The van der Waals surface area contributed by atoms with E-state index in [1.165, 1.54) is 5.56 Å². The maximum absolute atomic E-state index is 6.07. The minimum atomic E-state index is 0.301. The highest BCUT2D eigenvalue weighted by Gasteiger charge is 2.10. The quantitative estimate of drug-likeness (QED) is 0.475. The lowest BCUT2D eigenvalue weighted by molar-refractivity contribution is 0.953. The van der Waals surface area contributed by atoms with Crippen LogP contribution in [0.15, 0.2) is 29.4 Å². The van der Waals surface area contributed by atoms with Crippen molar-refractivity contribution in [3.63, 3.8) is 0 Å². The zero-order valence-corrected chi connectivity index (χ0v) is 13.8. The summed E-state index contributed by atoms with van der Waals surface area (Å²) in [7, 11) is 0. The molecule has 2 aromatic rings. The lowest BCUT2D eigenvalue weighted by atomic mass is 10.1. The molecule has 0 amide bonds. The van der Waals surface area contributed by atoms with Crippen LogP contribution in [0.3, 0.4) is 0 Å². The van der Waals surface area contributed by atoms with Gasteiger partial charge in [-0.15, -0.1) is 0 Å². The lowest BCUT2D eigenvalue weighted by Crippen LogP contribution is -2.07. The Morgan fingerprint density at radius 3 is 2.62 bits per heavy atom. The van der Waals surface area contributed by atoms with Crippen LogP contribution in [0.25, 0.3) is 0 Å². The van der Waals surface area contributed by atoms with E-state index in [1.54, 1.807) is 11.8 Å². The van der Waals surface area contributed by atoms with Gasteiger partial charge in [-0.1, -0.05) is 60.1 Å². The normalized spacial score (nSPS) is 10.6. The number of rotatable bonds is 6. The molecule has 1 aromatic heterocycles. The van der Waals surface area contributed by atoms with Crippen molar-refractivity contribution >= 4 is 34.9 Å². The molecule has 0 aliphatic rings. The molecular formula is C15H19ClN4S. The van der Waals surface area contributed by atoms with E-state index in [4.69, 9.17) is 17.3 Å². The van der Waals surface area contributed by atoms with E-state index >= 15 is 0 Å². The third kappa shape index (κ3) is 4.51. The second-order valence-corrected chi connectivity index (χ2v) is 6.17. The van der Waals surface area contributed by atoms with Crippen LogP contribution in [0, 0.1) is 6.92 Å². The van der Waals surface area contributed by atoms with Gasteiger partial charge in [0, 0.05) is 12.3 Å². The van der Waals surface area contributed by atoms with Crippen LogP contribution in [0.4, 0.5) is 11.5 Å². The van der Waals surface area contributed by atoms with Gasteiger partial charge in [-0.05, 0) is 18.9 Å². The Morgan fingerprint density at radius 2 is 1.95 bits per heavy atom. The number of aromatic nitrogens is 2. The van der Waals surface area contributed by atoms with Gasteiger partial charge >= 0.3 is 0 Å². The van der Waals surface area contributed by atoms with Crippen molar-refractivity contribution in [2.45, 2.75) is 32.0 Å². The van der Waals surface area contributed by atoms with Gasteiger partial charge in [-0.2, -0.15) is 0 Å². The highest BCUT2D eigenvalue weighted by atomic mass is 35.5. The number of hydrogen-bond donors (Lipinski definition) is 2. The van der Waals surface area contributed by atoms with Crippen LogP contribution in [0.5, 0.6) is 0 Å². The van der Waals surface area contributed by atoms with E-state index in [0.717, 1.165) is 17.7 Å². The van der Waals surface area contributed by atoms with E-state index in [0.29, 0.717) is 28.4 Å². The molecule has 1 heterocycles. The molecule has 0 saturated heterocycles. The molecule has 0 aliphatic carbocycles. The molecule has 4 nitrogen and oxygen atoms in total. The molecule has 0 bridgehead atoms. The minimum absolute atomic E-state index is 0.301. The smallest absolute Gasteiger partial charge is 0.191 e. The topological polar surface area (TPSA) is 63.8 Å². The standard InChI is InChI=1S/C15H19ClN4S/c1-3-8-21-15-19-13(16)12(17)14(20-15)18-9-11-6-4-10(2)5-7-11/h4-7H,3,8-9,17H2,1-2H3,(H,18,19,20). The number of anilines is 2. The minimum Gasteiger partial charge on any atom is -0.393 e. The van der Waals surface area contributed by atoms with Crippen molar-refractivity contribution < 1.29 is 0 Å². The second kappa shape index (κ2) is 7.52. The number of nitrogens with zero attached hydrogens (tertiary/aromatic N) is 2. The van der Waals surface area contributed by atoms with E-state index < -0.39 is 0 Å². The van der Waals surface area contributed by atoms with Gasteiger partial charge in [0.15, 0.2) is 16.1 Å². The third-order valence-corrected chi connectivity index (χ3v) is 4.24. The average Bonchev–Trinajstić information content (AvgIpc) is 2.48. The number of hydrogen-bond acceptors (Lipinski definition) is 5. The zero-order valence-electron chi connectivity index (χ0n) is 12.2. The van der Waals surface area contributed by atoms with Crippen molar-refractivity contribution in [1.29, 1.82) is 0 Å². The maximum atomic E-state index is 6.07. The fourth-order valence-corrected chi connectivity index (χ4v) is 2.63. The predicted molar refractivity (Wildman–Crippen MR) is 91.0 cm³/mol. The molecule has 2 rings (SSSR count). The van der Waals surface area contributed by atoms with Crippen molar-refractivity contribution in [3.8, 4) is 0 Å². The van der Waals surface area contributed by atoms with Gasteiger partial charge in [0.1, 0.15) is 5.69 Å². The fourth-order valence-electron chi connectivity index (χ4n) is 1.71. The number of benzene rings is 1. The number of nitrogen functional groups attached to an aromatic ring is 1. The van der Waals surface area contributed by atoms with Gasteiger partial charge < -0.3 is 11.1 Å². The molecule has 1 aromatic carbocycles. The van der Waals surface area contributed by atoms with E-state index in [-0.39, 0.29) is 0 Å². The Hall–Kier alpha value is -1.46. The molecule has 0 spiro atoms. The van der Waals surface area contributed by atoms with Gasteiger partial charge in [0.2, 0.25) is 0 Å². The molecule has 0 saturated carbocycles. The molecular weight excluding hydrogens is 304 g/mol. The van der Waals surface area contributed by atoms with Gasteiger partial charge in [0.05, 0.1) is 0 Å². The van der Waals surface area contributed by atoms with Crippen molar-refractivity contribution in [1.82, 2.24) is 9.97 Å². The maximum Gasteiger partial charge on any atom is 0.191 e. The number of thioether (sulfide) groups is 1. The number of halogens is 1. The number of aryl methyl sites for hydroxylation is 1. The summed E-state index contributed by atoms with van der Waals surface area (Å²) in [6, 6.07) is 8.31. The first-order valence-electron chi connectivity index (χ1n) is 6.85. The summed E-state index contributed by atoms with van der Waals surface area (Å²) in [5, 5.41) is 4.19. The first-order chi connectivity index (χ1) is 10.1. The summed E-state index contributed by atoms with van der Waals surface area (Å²) in [4.78, 5) is 8.62. The van der Waals surface area contributed by atoms with E-state index in [2.05, 4.69) is 53.4 Å². The molecule has 112 valence electrons. The third-order valence-electron chi connectivity index (χ3n) is 2.89. The van der Waals surface area contributed by atoms with Crippen molar-refractivity contribution in [2.24, 2.45) is 0 Å². The molecule has 0 aliphatic heterocycles. The monoisotopic (exact) mass is 322 g/mol. The number of nitrogens with two attached hydrogens (primary N) is 1. The molecule has 0 radical (unpaired) electrons. The molecule has 0 atom stereocenters. The second-order valence-electron chi connectivity index (χ2n) is 4.75. The van der Waals surface area contributed by atoms with Crippen molar-refractivity contribution in [2.75, 3.05) is 16.8 Å². The summed E-state index contributed by atoms with van der Waals surface area (Å²) in [6.07, 6.45) is 1.06. The van der Waals surface area contributed by atoms with Crippen LogP contribution in [0.2, 0.25) is 5.15 Å². The number of nitrogens with one attached hydrogen (secondary N) is 1. The molecule has 6 heteroatoms. The first-order valence-corrected chi connectivity index (χ1v) is 8.21. The largest absolute Gasteiger partial charge is 0.393 e. The Labute approximate surface area is 134 Å². The van der Waals surface area contributed by atoms with Gasteiger partial charge in [-0.3, -0.25) is 0 Å².